The Labute approximate surface area is 160 Å². The van der Waals surface area contributed by atoms with Crippen molar-refractivity contribution < 1.29 is 4.79 Å². The van der Waals surface area contributed by atoms with Gasteiger partial charge >= 0.3 is 0 Å². The summed E-state index contributed by atoms with van der Waals surface area (Å²) in [7, 11) is 0. The number of fused-ring (bicyclic) bond motifs is 2. The monoisotopic (exact) mass is 378 g/mol. The number of piperazine rings is 1. The first-order chi connectivity index (χ1) is 13.3. The van der Waals surface area contributed by atoms with Crippen molar-refractivity contribution in [3.8, 4) is 0 Å². The Morgan fingerprint density at radius 3 is 2.78 bits per heavy atom. The van der Waals surface area contributed by atoms with Crippen molar-refractivity contribution in [3.05, 3.63) is 60.0 Å². The first kappa shape index (κ1) is 16.3. The molecule has 27 heavy (non-hydrogen) atoms. The molecule has 0 bridgehead atoms. The zero-order chi connectivity index (χ0) is 18.2. The second-order valence-electron chi connectivity index (χ2n) is 6.71. The van der Waals surface area contributed by atoms with Crippen LogP contribution in [0.2, 0.25) is 0 Å². The van der Waals surface area contributed by atoms with Crippen molar-refractivity contribution in [1.82, 2.24) is 27.9 Å². The molecule has 1 aromatic carbocycles. The number of hydrogen-bond donors (Lipinski definition) is 0. The van der Waals surface area contributed by atoms with Gasteiger partial charge in [0.05, 0.1) is 23.6 Å². The molecule has 7 nitrogen and oxygen atoms in total. The van der Waals surface area contributed by atoms with Crippen LogP contribution in [-0.2, 0) is 6.54 Å². The largest absolute Gasteiger partial charge is 0.336 e. The lowest BCUT2D eigenvalue weighted by molar-refractivity contribution is 0.0627. The average molecular weight is 378 g/mol. The molecule has 0 unspecified atom stereocenters. The summed E-state index contributed by atoms with van der Waals surface area (Å²) in [5, 5.41) is 0. The highest BCUT2D eigenvalue weighted by molar-refractivity contribution is 7.00. The molecule has 8 heteroatoms. The molecule has 0 saturated carbocycles. The average Bonchev–Trinajstić information content (AvgIpc) is 3.35. The molecule has 0 N–H and O–H groups in total. The van der Waals surface area contributed by atoms with Gasteiger partial charge in [0.15, 0.2) is 0 Å². The van der Waals surface area contributed by atoms with E-state index in [-0.39, 0.29) is 5.91 Å². The molecule has 1 amide bonds. The van der Waals surface area contributed by atoms with E-state index in [0.717, 1.165) is 49.4 Å². The van der Waals surface area contributed by atoms with Crippen LogP contribution in [0.3, 0.4) is 0 Å². The molecular weight excluding hydrogens is 360 g/mol. The summed E-state index contributed by atoms with van der Waals surface area (Å²) >= 11 is 1.17. The van der Waals surface area contributed by atoms with Gasteiger partial charge in [0.2, 0.25) is 0 Å². The topological polar surface area (TPSA) is 66.6 Å². The Hall–Kier alpha value is -2.84. The van der Waals surface area contributed by atoms with E-state index in [1.165, 1.54) is 17.4 Å². The molecule has 0 atom stereocenters. The van der Waals surface area contributed by atoms with Gasteiger partial charge in [0.1, 0.15) is 16.7 Å². The summed E-state index contributed by atoms with van der Waals surface area (Å²) in [6.07, 6.45) is 3.98. The summed E-state index contributed by atoms with van der Waals surface area (Å²) in [6, 6.07) is 11.6. The van der Waals surface area contributed by atoms with E-state index in [1.54, 1.807) is 0 Å². The molecule has 0 aliphatic carbocycles. The molecule has 136 valence electrons. The standard InChI is InChI=1S/C19H18N6OS/c26-19(14-4-5-16-17(11-14)22-27-21-16)24-9-7-23(8-10-24)13-15-12-20-18-3-1-2-6-25(15)18/h1-6,11-12H,7-10,13H2. The zero-order valence-electron chi connectivity index (χ0n) is 14.7. The van der Waals surface area contributed by atoms with Gasteiger partial charge in [0, 0.05) is 44.5 Å². The number of pyridine rings is 1. The third-order valence-electron chi connectivity index (χ3n) is 5.04. The van der Waals surface area contributed by atoms with E-state index in [0.29, 0.717) is 5.56 Å². The third kappa shape index (κ3) is 3.07. The molecule has 1 fully saturated rings. The maximum absolute atomic E-state index is 12.8. The van der Waals surface area contributed by atoms with Crippen molar-refractivity contribution in [3.63, 3.8) is 0 Å². The number of carbonyl (C=O) groups excluding carboxylic acids is 1. The molecule has 4 aromatic rings. The van der Waals surface area contributed by atoms with Crippen LogP contribution in [0.15, 0.2) is 48.8 Å². The van der Waals surface area contributed by atoms with Gasteiger partial charge in [-0.15, -0.1) is 0 Å². The molecule has 1 aliphatic heterocycles. The molecule has 4 heterocycles. The maximum Gasteiger partial charge on any atom is 0.254 e. The van der Waals surface area contributed by atoms with Gasteiger partial charge in [-0.25, -0.2) is 4.98 Å². The lowest BCUT2D eigenvalue weighted by Gasteiger charge is -2.34. The number of rotatable bonds is 3. The van der Waals surface area contributed by atoms with Crippen LogP contribution in [0, 0.1) is 0 Å². The van der Waals surface area contributed by atoms with Gasteiger partial charge in [-0.3, -0.25) is 9.69 Å². The highest BCUT2D eigenvalue weighted by Crippen LogP contribution is 2.17. The number of nitrogens with zero attached hydrogens (tertiary/aromatic N) is 6. The Morgan fingerprint density at radius 2 is 1.89 bits per heavy atom. The number of carbonyl (C=O) groups is 1. The fraction of sp³-hybridized carbons (Fsp3) is 0.263. The van der Waals surface area contributed by atoms with Crippen LogP contribution >= 0.6 is 11.7 Å². The zero-order valence-corrected chi connectivity index (χ0v) is 15.5. The highest BCUT2D eigenvalue weighted by atomic mass is 32.1. The number of amides is 1. The Bertz CT molecular complexity index is 1110. The maximum atomic E-state index is 12.8. The van der Waals surface area contributed by atoms with Crippen molar-refractivity contribution in [2.24, 2.45) is 0 Å². The van der Waals surface area contributed by atoms with Gasteiger partial charge in [-0.1, -0.05) is 6.07 Å². The van der Waals surface area contributed by atoms with Crippen molar-refractivity contribution in [1.29, 1.82) is 0 Å². The summed E-state index contributed by atoms with van der Waals surface area (Å²) in [5.41, 5.74) is 4.46. The first-order valence-corrected chi connectivity index (χ1v) is 9.66. The van der Waals surface area contributed by atoms with E-state index in [2.05, 4.69) is 23.0 Å². The number of aromatic nitrogens is 4. The SMILES string of the molecule is O=C(c1ccc2nsnc2c1)N1CCN(Cc2cnc3ccccn23)CC1. The summed E-state index contributed by atoms with van der Waals surface area (Å²) in [6.45, 7) is 3.99. The van der Waals surface area contributed by atoms with E-state index in [1.807, 2.05) is 53.7 Å². The molecule has 0 radical (unpaired) electrons. The fourth-order valence-corrected chi connectivity index (χ4v) is 4.06. The molecule has 1 aliphatic rings. The minimum atomic E-state index is 0.0688. The number of benzene rings is 1. The van der Waals surface area contributed by atoms with E-state index in [9.17, 15) is 4.79 Å². The summed E-state index contributed by atoms with van der Waals surface area (Å²) in [4.78, 5) is 21.6. The minimum Gasteiger partial charge on any atom is -0.336 e. The Morgan fingerprint density at radius 1 is 1.04 bits per heavy atom. The van der Waals surface area contributed by atoms with Gasteiger partial charge in [0.25, 0.3) is 5.91 Å². The van der Waals surface area contributed by atoms with Crippen LogP contribution in [0.25, 0.3) is 16.7 Å². The molecule has 0 spiro atoms. The predicted molar refractivity (Wildman–Crippen MR) is 104 cm³/mol. The van der Waals surface area contributed by atoms with E-state index >= 15 is 0 Å². The van der Waals surface area contributed by atoms with Crippen LogP contribution in [0.5, 0.6) is 0 Å². The lowest BCUT2D eigenvalue weighted by atomic mass is 10.1. The molecule has 1 saturated heterocycles. The summed E-state index contributed by atoms with van der Waals surface area (Å²) in [5.74, 6) is 0.0688. The second kappa shape index (κ2) is 6.71. The molecule has 3 aromatic heterocycles. The van der Waals surface area contributed by atoms with Crippen LogP contribution in [-0.4, -0.2) is 60.0 Å². The Kier molecular flexibility index (Phi) is 4.06. The number of hydrogen-bond acceptors (Lipinski definition) is 6. The van der Waals surface area contributed by atoms with E-state index < -0.39 is 0 Å². The fourth-order valence-electron chi connectivity index (χ4n) is 3.54. The predicted octanol–water partition coefficient (Wildman–Crippen LogP) is 2.30. The van der Waals surface area contributed by atoms with Crippen LogP contribution in [0.1, 0.15) is 16.1 Å². The Balaban J connectivity index is 1.25. The molecular formula is C19H18N6OS. The lowest BCUT2D eigenvalue weighted by Crippen LogP contribution is -2.48. The van der Waals surface area contributed by atoms with Gasteiger partial charge in [-0.2, -0.15) is 8.75 Å². The molecule has 5 rings (SSSR count). The van der Waals surface area contributed by atoms with Crippen molar-refractivity contribution >= 4 is 34.3 Å². The van der Waals surface area contributed by atoms with Gasteiger partial charge in [-0.05, 0) is 30.3 Å². The first-order valence-electron chi connectivity index (χ1n) is 8.93. The smallest absolute Gasteiger partial charge is 0.254 e. The van der Waals surface area contributed by atoms with Crippen molar-refractivity contribution in [2.45, 2.75) is 6.54 Å². The van der Waals surface area contributed by atoms with Crippen LogP contribution < -0.4 is 0 Å². The summed E-state index contributed by atoms with van der Waals surface area (Å²) < 4.78 is 10.5. The second-order valence-corrected chi connectivity index (χ2v) is 7.24. The normalized spacial score (nSPS) is 15.6. The van der Waals surface area contributed by atoms with Gasteiger partial charge < -0.3 is 9.30 Å². The number of imidazole rings is 1. The quantitative estimate of drug-likeness (QED) is 0.547. The highest BCUT2D eigenvalue weighted by Gasteiger charge is 2.23. The van der Waals surface area contributed by atoms with E-state index in [4.69, 9.17) is 0 Å². The van der Waals surface area contributed by atoms with Crippen molar-refractivity contribution in [2.75, 3.05) is 26.2 Å². The third-order valence-corrected chi connectivity index (χ3v) is 5.60. The van der Waals surface area contributed by atoms with Crippen LogP contribution in [0.4, 0.5) is 0 Å². The minimum absolute atomic E-state index is 0.0688.